The van der Waals surface area contributed by atoms with Crippen LogP contribution < -0.4 is 20.7 Å². The first kappa shape index (κ1) is 51.8. The van der Waals surface area contributed by atoms with Gasteiger partial charge in [0.05, 0.1) is 51.6 Å². The molecule has 2 aromatic carbocycles. The molecule has 0 spiro atoms. The van der Waals surface area contributed by atoms with Crippen molar-refractivity contribution in [3.63, 3.8) is 0 Å². The molecule has 1 saturated heterocycles. The maximum atomic E-state index is 14.3. The van der Waals surface area contributed by atoms with Crippen LogP contribution in [0.3, 0.4) is 0 Å². The normalized spacial score (nSPS) is 22.1. The van der Waals surface area contributed by atoms with Crippen LogP contribution in [0.25, 0.3) is 10.4 Å². The molecule has 14 nitrogen and oxygen atoms in total. The maximum absolute atomic E-state index is 14.3. The van der Waals surface area contributed by atoms with Crippen molar-refractivity contribution in [1.29, 1.82) is 0 Å². The van der Waals surface area contributed by atoms with Crippen LogP contribution >= 0.6 is 34.3 Å². The van der Waals surface area contributed by atoms with E-state index in [2.05, 4.69) is 50.0 Å². The van der Waals surface area contributed by atoms with Crippen molar-refractivity contribution in [3.05, 3.63) is 121 Å². The number of nitrogens with zero attached hydrogens (tertiary/aromatic N) is 6. The van der Waals surface area contributed by atoms with Gasteiger partial charge in [0.1, 0.15) is 24.2 Å². The van der Waals surface area contributed by atoms with Crippen LogP contribution in [0, 0.1) is 32.1 Å². The molecule has 6 atom stereocenters. The van der Waals surface area contributed by atoms with Gasteiger partial charge in [-0.2, -0.15) is 10.2 Å². The number of carbonyl (C=O) groups excluding carboxylic acids is 4. The molecule has 4 amide bonds. The number of aromatic nitrogens is 2. The van der Waals surface area contributed by atoms with Gasteiger partial charge in [0, 0.05) is 70.0 Å². The molecule has 3 aromatic heterocycles. The average Bonchev–Trinajstić information content (AvgIpc) is 4.11. The predicted octanol–water partition coefficient (Wildman–Crippen LogP) is 9.67. The molecule has 6 heterocycles. The number of halogens is 1. The molecule has 1 unspecified atom stereocenters. The quantitative estimate of drug-likeness (QED) is 0.0934. The monoisotopic (exact) mass is 1040 g/mol. The van der Waals surface area contributed by atoms with Crippen LogP contribution in [0.15, 0.2) is 87.6 Å². The molecular weight excluding hydrogens is 978 g/mol. The first-order chi connectivity index (χ1) is 34.8. The highest BCUT2D eigenvalue weighted by molar-refractivity contribution is 7.13. The largest absolute Gasteiger partial charge is 0.474 e. The third-order valence-corrected chi connectivity index (χ3v) is 17.0. The van der Waals surface area contributed by atoms with Gasteiger partial charge in [-0.1, -0.05) is 81.8 Å². The van der Waals surface area contributed by atoms with Gasteiger partial charge in [0.25, 0.3) is 0 Å². The summed E-state index contributed by atoms with van der Waals surface area (Å²) in [5.74, 6) is -0.369. The fourth-order valence-corrected chi connectivity index (χ4v) is 12.5. The van der Waals surface area contributed by atoms with Crippen molar-refractivity contribution in [2.45, 2.75) is 143 Å². The Hall–Kier alpha value is -6.10. The first-order valence-corrected chi connectivity index (χ1v) is 27.3. The molecule has 0 bridgehead atoms. The third kappa shape index (κ3) is 11.4. The molecule has 1 saturated carbocycles. The lowest BCUT2D eigenvalue weighted by atomic mass is 9.85. The van der Waals surface area contributed by atoms with E-state index < -0.39 is 23.5 Å². The number of hydrogen-bond acceptors (Lipinski definition) is 12. The maximum Gasteiger partial charge on any atom is 0.246 e. The smallest absolute Gasteiger partial charge is 0.246 e. The van der Waals surface area contributed by atoms with Crippen molar-refractivity contribution in [2.75, 3.05) is 6.54 Å². The van der Waals surface area contributed by atoms with Gasteiger partial charge >= 0.3 is 0 Å². The number of likely N-dealkylation sites (tertiary alicyclic amines) is 1. The Bertz CT molecular complexity index is 2990. The zero-order valence-electron chi connectivity index (χ0n) is 42.9. The molecule has 3 N–H and O–H groups in total. The molecule has 0 radical (unpaired) electrons. The lowest BCUT2D eigenvalue weighted by molar-refractivity contribution is -0.144. The van der Waals surface area contributed by atoms with Gasteiger partial charge in [0.15, 0.2) is 0 Å². The Morgan fingerprint density at radius 3 is 2.29 bits per heavy atom. The summed E-state index contributed by atoms with van der Waals surface area (Å²) in [5.41, 5.74) is 10.8. The summed E-state index contributed by atoms with van der Waals surface area (Å²) in [6.07, 6.45) is 4.11. The second-order valence-corrected chi connectivity index (χ2v) is 23.8. The number of pyridine rings is 1. The van der Waals surface area contributed by atoms with E-state index >= 15 is 0 Å². The lowest BCUT2D eigenvalue weighted by Gasteiger charge is -2.35. The molecule has 73 heavy (non-hydrogen) atoms. The molecule has 4 aliphatic rings. The number of rotatable bonds is 15. The summed E-state index contributed by atoms with van der Waals surface area (Å²) in [6.45, 7) is 18.4. The molecule has 1 aliphatic carbocycles. The van der Waals surface area contributed by atoms with Crippen LogP contribution in [-0.2, 0) is 25.6 Å². The number of benzene rings is 2. The number of aliphatic imine (C=N–C) groups is 1. The SMILES string of the molecule is CC1=NN=C2C1c1sc(C)c(C)c1C(c1ccc(Cl)cc1)=N[C@H]2CC(=O)N[C@H]1C[C@H](Oc2ccc(CCC(=O)N[C@H](C(=O)N3C[C@H](C)C[C@H]3C(=O)N[C@@H](C)c3ccc(-c4scnc4C)cc3)C(C)(C)C)cn2)C1. The molecule has 2 fully saturated rings. The van der Waals surface area contributed by atoms with E-state index in [-0.39, 0.29) is 66.5 Å². The van der Waals surface area contributed by atoms with Crippen LogP contribution in [-0.4, -0.2) is 92.4 Å². The van der Waals surface area contributed by atoms with Crippen LogP contribution in [0.5, 0.6) is 5.88 Å². The number of aryl methyl sites for hydroxylation is 3. The van der Waals surface area contributed by atoms with Gasteiger partial charge < -0.3 is 25.6 Å². The minimum Gasteiger partial charge on any atom is -0.474 e. The predicted molar refractivity (Wildman–Crippen MR) is 290 cm³/mol. The standard InChI is InChI=1S/C56H64ClN9O5S2/c1-29-22-43(54(69)60-31(3)36-12-14-38(15-13-36)51-33(5)59-28-72-51)66(27-29)55(70)53(56(7,8)9)63-44(67)20-10-35-11-21-46(58-26-35)71-41-23-40(24-41)61-45(68)25-42-50-48(32(4)64-65-50)52-47(30(2)34(6)73-52)49(62-42)37-16-18-39(57)19-17-37/h11-19,21,26,28-29,31,40-43,48,53H,10,20,22-25,27H2,1-9H3,(H,60,69)(H,61,68)(H,63,67)/t29-,31+,40-,41-,42+,43+,48?,53-/m1/s1. The van der Waals surface area contributed by atoms with Crippen molar-refractivity contribution in [3.8, 4) is 16.3 Å². The molecule has 3 aliphatic heterocycles. The summed E-state index contributed by atoms with van der Waals surface area (Å²) < 4.78 is 6.18. The van der Waals surface area contributed by atoms with Gasteiger partial charge in [-0.3, -0.25) is 24.2 Å². The second-order valence-electron chi connectivity index (χ2n) is 21.2. The van der Waals surface area contributed by atoms with Crippen molar-refractivity contribution in [2.24, 2.45) is 26.5 Å². The number of nitrogens with one attached hydrogen (secondary N) is 3. The fraction of sp³-hybridized carbons (Fsp3) is 0.446. The summed E-state index contributed by atoms with van der Waals surface area (Å²) >= 11 is 9.62. The Kier molecular flexibility index (Phi) is 15.2. The Labute approximate surface area is 440 Å². The van der Waals surface area contributed by atoms with E-state index in [1.165, 1.54) is 10.4 Å². The third-order valence-electron chi connectivity index (χ3n) is 14.5. The zero-order valence-corrected chi connectivity index (χ0v) is 45.3. The van der Waals surface area contributed by atoms with Crippen LogP contribution in [0.2, 0.25) is 5.02 Å². The topological polar surface area (TPSA) is 180 Å². The highest BCUT2D eigenvalue weighted by atomic mass is 35.5. The van der Waals surface area contributed by atoms with E-state index in [4.69, 9.17) is 21.3 Å². The minimum absolute atomic E-state index is 0.0514. The number of ether oxygens (including phenoxy) is 1. The van der Waals surface area contributed by atoms with Gasteiger partial charge in [-0.15, -0.1) is 22.7 Å². The van der Waals surface area contributed by atoms with Crippen molar-refractivity contribution in [1.82, 2.24) is 30.8 Å². The summed E-state index contributed by atoms with van der Waals surface area (Å²) in [4.78, 5) is 74.7. The van der Waals surface area contributed by atoms with Crippen molar-refractivity contribution < 1.29 is 23.9 Å². The number of thiophene rings is 1. The first-order valence-electron chi connectivity index (χ1n) is 25.2. The molecular formula is C56H64ClN9O5S2. The zero-order chi connectivity index (χ0) is 51.9. The molecule has 17 heteroatoms. The summed E-state index contributed by atoms with van der Waals surface area (Å²) in [6, 6.07) is 17.2. The summed E-state index contributed by atoms with van der Waals surface area (Å²) in [7, 11) is 0. The van der Waals surface area contributed by atoms with Gasteiger partial charge in [-0.05, 0) is 93.2 Å². The fourth-order valence-electron chi connectivity index (χ4n) is 10.2. The van der Waals surface area contributed by atoms with Crippen LogP contribution in [0.4, 0.5) is 0 Å². The summed E-state index contributed by atoms with van der Waals surface area (Å²) in [5, 5.41) is 19.1. The lowest BCUT2D eigenvalue weighted by Crippen LogP contribution is -2.57. The Morgan fingerprint density at radius 2 is 1.62 bits per heavy atom. The number of carbonyl (C=O) groups is 4. The van der Waals surface area contributed by atoms with Gasteiger partial charge in [-0.25, -0.2) is 9.97 Å². The second kappa shape index (κ2) is 21.4. The number of fused-ring (bicyclic) bond motifs is 3. The molecule has 9 rings (SSSR count). The van der Waals surface area contributed by atoms with E-state index in [0.717, 1.165) is 60.4 Å². The number of thiazole rings is 1. The Balaban J connectivity index is 0.746. The van der Waals surface area contributed by atoms with Crippen molar-refractivity contribution >= 4 is 75.0 Å². The van der Waals surface area contributed by atoms with Crippen LogP contribution in [0.1, 0.15) is 129 Å². The Morgan fingerprint density at radius 1 is 0.890 bits per heavy atom. The van der Waals surface area contributed by atoms with E-state index in [1.807, 2.05) is 109 Å². The number of amides is 4. The highest BCUT2D eigenvalue weighted by Gasteiger charge is 2.45. The van der Waals surface area contributed by atoms with Gasteiger partial charge in [0.2, 0.25) is 29.5 Å². The highest BCUT2D eigenvalue weighted by Crippen LogP contribution is 2.42. The average molecular weight is 1040 g/mol. The molecule has 5 aromatic rings. The minimum atomic E-state index is -0.833. The number of hydrogen-bond donors (Lipinski definition) is 3. The van der Waals surface area contributed by atoms with E-state index in [1.54, 1.807) is 39.8 Å². The van der Waals surface area contributed by atoms with E-state index in [0.29, 0.717) is 43.1 Å². The molecule has 382 valence electrons. The van der Waals surface area contributed by atoms with E-state index in [9.17, 15) is 19.2 Å².